The van der Waals surface area contributed by atoms with Crippen molar-refractivity contribution < 1.29 is 14.3 Å². The highest BCUT2D eigenvalue weighted by molar-refractivity contribution is 6.34. The standard InChI is InChI=1S/C23H28ClN3O3.ClH/c1-15(17-9-5-4-6-10-17)21-11-7-8-12-27(21)26-23(29)18-13-19(24)20(25-16(2)28)14-22(18)30-3;/h4-6,9-10,13-15,21H,7-8,11-12H2,1-3H3,(H,25,28)(H,26,29);1H. The van der Waals surface area contributed by atoms with Crippen molar-refractivity contribution in [2.75, 3.05) is 19.0 Å². The van der Waals surface area contributed by atoms with Crippen LogP contribution >= 0.6 is 24.0 Å². The van der Waals surface area contributed by atoms with E-state index in [1.165, 1.54) is 25.7 Å². The van der Waals surface area contributed by atoms with E-state index in [1.54, 1.807) is 6.07 Å². The number of amides is 2. The molecular formula is C23H29Cl2N3O3. The lowest BCUT2D eigenvalue weighted by Gasteiger charge is -2.39. The fraction of sp³-hybridized carbons (Fsp3) is 0.391. The Hall–Kier alpha value is -2.28. The summed E-state index contributed by atoms with van der Waals surface area (Å²) in [6, 6.07) is 13.6. The van der Waals surface area contributed by atoms with Gasteiger partial charge in [-0.25, -0.2) is 5.01 Å². The maximum absolute atomic E-state index is 13.1. The number of hydrazine groups is 1. The Balaban J connectivity index is 0.00000341. The molecule has 0 aromatic heterocycles. The summed E-state index contributed by atoms with van der Waals surface area (Å²) in [5.41, 5.74) is 5.06. The minimum Gasteiger partial charge on any atom is -0.496 e. The molecule has 8 heteroatoms. The summed E-state index contributed by atoms with van der Waals surface area (Å²) in [6.07, 6.45) is 3.17. The average molecular weight is 466 g/mol. The Morgan fingerprint density at radius 3 is 2.55 bits per heavy atom. The number of anilines is 1. The Labute approximate surface area is 194 Å². The van der Waals surface area contributed by atoms with Crippen LogP contribution in [-0.2, 0) is 4.79 Å². The van der Waals surface area contributed by atoms with E-state index in [-0.39, 0.29) is 41.2 Å². The van der Waals surface area contributed by atoms with Crippen LogP contribution < -0.4 is 15.5 Å². The molecule has 0 bridgehead atoms. The first kappa shape index (κ1) is 25.0. The highest BCUT2D eigenvalue weighted by atomic mass is 35.5. The number of ether oxygens (including phenoxy) is 1. The molecule has 6 nitrogen and oxygen atoms in total. The highest BCUT2D eigenvalue weighted by Gasteiger charge is 2.30. The number of nitrogens with zero attached hydrogens (tertiary/aromatic N) is 1. The number of carbonyl (C=O) groups is 2. The molecule has 31 heavy (non-hydrogen) atoms. The van der Waals surface area contributed by atoms with E-state index in [9.17, 15) is 9.59 Å². The Morgan fingerprint density at radius 2 is 1.90 bits per heavy atom. The number of methoxy groups -OCH3 is 1. The van der Waals surface area contributed by atoms with Gasteiger partial charge in [-0.3, -0.25) is 15.0 Å². The maximum atomic E-state index is 13.1. The van der Waals surface area contributed by atoms with Crippen molar-refractivity contribution in [2.45, 2.75) is 45.1 Å². The minimum atomic E-state index is -0.282. The average Bonchev–Trinajstić information content (AvgIpc) is 2.75. The SMILES string of the molecule is COc1cc(NC(C)=O)c(Cl)cc1C(=O)NN1CCCCC1C(C)c1ccccc1.Cl. The van der Waals surface area contributed by atoms with Gasteiger partial charge in [0.15, 0.2) is 0 Å². The van der Waals surface area contributed by atoms with Crippen molar-refractivity contribution in [1.29, 1.82) is 0 Å². The summed E-state index contributed by atoms with van der Waals surface area (Å²) in [5.74, 6) is 0.0993. The molecular weight excluding hydrogens is 437 g/mol. The molecule has 2 aromatic rings. The van der Waals surface area contributed by atoms with Crippen LogP contribution in [0.5, 0.6) is 5.75 Å². The molecule has 2 N–H and O–H groups in total. The van der Waals surface area contributed by atoms with Gasteiger partial charge in [0.2, 0.25) is 5.91 Å². The van der Waals surface area contributed by atoms with Crippen molar-refractivity contribution in [3.05, 3.63) is 58.6 Å². The summed E-state index contributed by atoms with van der Waals surface area (Å²) < 4.78 is 5.39. The zero-order valence-electron chi connectivity index (χ0n) is 18.0. The third kappa shape index (κ3) is 6.12. The molecule has 1 saturated heterocycles. The summed E-state index contributed by atoms with van der Waals surface area (Å²) >= 11 is 6.28. The number of rotatable bonds is 6. The molecule has 0 spiro atoms. The van der Waals surface area contributed by atoms with Gasteiger partial charge in [-0.1, -0.05) is 55.3 Å². The molecule has 0 radical (unpaired) electrons. The monoisotopic (exact) mass is 465 g/mol. The number of carbonyl (C=O) groups excluding carboxylic acids is 2. The normalized spacial score (nSPS) is 17.2. The predicted octanol–water partition coefficient (Wildman–Crippen LogP) is 5.03. The third-order valence-corrected chi connectivity index (χ3v) is 5.85. The summed E-state index contributed by atoms with van der Waals surface area (Å²) in [5, 5.41) is 4.96. The number of halogens is 2. The molecule has 1 aliphatic rings. The van der Waals surface area contributed by atoms with Gasteiger partial charge in [-0.2, -0.15) is 0 Å². The van der Waals surface area contributed by atoms with Crippen LogP contribution in [-0.4, -0.2) is 36.5 Å². The van der Waals surface area contributed by atoms with Crippen molar-refractivity contribution >= 4 is 41.5 Å². The Kier molecular flexibility index (Phi) is 9.16. The molecule has 2 amide bonds. The van der Waals surface area contributed by atoms with Crippen molar-refractivity contribution in [1.82, 2.24) is 10.4 Å². The zero-order valence-corrected chi connectivity index (χ0v) is 19.6. The minimum absolute atomic E-state index is 0. The second-order valence-corrected chi connectivity index (χ2v) is 8.02. The lowest BCUT2D eigenvalue weighted by Crippen LogP contribution is -2.52. The molecule has 2 unspecified atom stereocenters. The van der Waals surface area contributed by atoms with Gasteiger partial charge < -0.3 is 10.1 Å². The Morgan fingerprint density at radius 1 is 1.19 bits per heavy atom. The smallest absolute Gasteiger partial charge is 0.269 e. The first-order chi connectivity index (χ1) is 14.4. The maximum Gasteiger partial charge on any atom is 0.269 e. The third-order valence-electron chi connectivity index (χ3n) is 5.54. The molecule has 168 valence electrons. The number of hydrogen-bond acceptors (Lipinski definition) is 4. The van der Waals surface area contributed by atoms with Crippen LogP contribution in [0, 0.1) is 0 Å². The second kappa shape index (κ2) is 11.4. The van der Waals surface area contributed by atoms with Gasteiger partial charge in [-0.05, 0) is 30.4 Å². The van der Waals surface area contributed by atoms with Gasteiger partial charge >= 0.3 is 0 Å². The number of hydrogen-bond donors (Lipinski definition) is 2. The first-order valence-corrected chi connectivity index (χ1v) is 10.6. The van der Waals surface area contributed by atoms with E-state index >= 15 is 0 Å². The molecule has 1 heterocycles. The quantitative estimate of drug-likeness (QED) is 0.627. The van der Waals surface area contributed by atoms with Crippen LogP contribution in [0.2, 0.25) is 5.02 Å². The van der Waals surface area contributed by atoms with Gasteiger partial charge in [0.1, 0.15) is 5.75 Å². The van der Waals surface area contributed by atoms with Gasteiger partial charge in [0.25, 0.3) is 5.91 Å². The van der Waals surface area contributed by atoms with Crippen LogP contribution in [0.15, 0.2) is 42.5 Å². The van der Waals surface area contributed by atoms with E-state index in [0.29, 0.717) is 17.0 Å². The topological polar surface area (TPSA) is 70.7 Å². The molecule has 0 saturated carbocycles. The Bertz CT molecular complexity index is 908. The van der Waals surface area contributed by atoms with E-state index in [1.807, 2.05) is 23.2 Å². The number of nitrogens with one attached hydrogen (secondary N) is 2. The van der Waals surface area contributed by atoms with Crippen LogP contribution in [0.4, 0.5) is 5.69 Å². The molecule has 2 atom stereocenters. The van der Waals surface area contributed by atoms with Gasteiger partial charge in [-0.15, -0.1) is 12.4 Å². The van der Waals surface area contributed by atoms with Crippen LogP contribution in [0.3, 0.4) is 0 Å². The highest BCUT2D eigenvalue weighted by Crippen LogP contribution is 2.32. The number of benzene rings is 2. The van der Waals surface area contributed by atoms with E-state index in [2.05, 4.69) is 29.8 Å². The molecule has 1 aliphatic heterocycles. The van der Waals surface area contributed by atoms with E-state index in [4.69, 9.17) is 16.3 Å². The second-order valence-electron chi connectivity index (χ2n) is 7.61. The fourth-order valence-corrected chi connectivity index (χ4v) is 4.18. The van der Waals surface area contributed by atoms with E-state index in [0.717, 1.165) is 25.8 Å². The van der Waals surface area contributed by atoms with Gasteiger partial charge in [0.05, 0.1) is 23.4 Å². The van der Waals surface area contributed by atoms with Crippen LogP contribution in [0.25, 0.3) is 0 Å². The molecule has 3 rings (SSSR count). The summed E-state index contributed by atoms with van der Waals surface area (Å²) in [6.45, 7) is 4.38. The van der Waals surface area contributed by atoms with Crippen LogP contribution in [0.1, 0.15) is 54.9 Å². The summed E-state index contributed by atoms with van der Waals surface area (Å²) in [4.78, 5) is 24.5. The zero-order chi connectivity index (χ0) is 21.7. The molecule has 2 aromatic carbocycles. The molecule has 0 aliphatic carbocycles. The summed E-state index contributed by atoms with van der Waals surface area (Å²) in [7, 11) is 1.48. The first-order valence-electron chi connectivity index (χ1n) is 10.2. The number of piperidine rings is 1. The van der Waals surface area contributed by atoms with Gasteiger partial charge in [0, 0.05) is 25.6 Å². The van der Waals surface area contributed by atoms with Crippen molar-refractivity contribution in [2.24, 2.45) is 0 Å². The van der Waals surface area contributed by atoms with Crippen molar-refractivity contribution in [3.8, 4) is 5.75 Å². The predicted molar refractivity (Wildman–Crippen MR) is 126 cm³/mol. The largest absolute Gasteiger partial charge is 0.496 e. The van der Waals surface area contributed by atoms with E-state index < -0.39 is 0 Å². The lowest BCUT2D eigenvalue weighted by molar-refractivity contribution is -0.114. The lowest BCUT2D eigenvalue weighted by atomic mass is 9.87. The fourth-order valence-electron chi connectivity index (χ4n) is 3.97. The van der Waals surface area contributed by atoms with Crippen molar-refractivity contribution in [3.63, 3.8) is 0 Å². The molecule has 1 fully saturated rings.